The maximum atomic E-state index is 13.9. The molecular formula is C22H30FN3O2. The van der Waals surface area contributed by atoms with Gasteiger partial charge in [-0.05, 0) is 43.7 Å². The summed E-state index contributed by atoms with van der Waals surface area (Å²) in [4.78, 5) is 31.5. The van der Waals surface area contributed by atoms with Crippen molar-refractivity contribution in [3.63, 3.8) is 0 Å². The molecule has 2 atom stereocenters. The van der Waals surface area contributed by atoms with Gasteiger partial charge in [0.05, 0.1) is 12.1 Å². The molecule has 5 nitrogen and oxygen atoms in total. The zero-order chi connectivity index (χ0) is 19.5. The predicted octanol–water partition coefficient (Wildman–Crippen LogP) is 2.76. The first-order chi connectivity index (χ1) is 13.6. The molecule has 2 amide bonds. The molecule has 2 heterocycles. The molecule has 1 aromatic carbocycles. The number of piperidine rings is 1. The van der Waals surface area contributed by atoms with Crippen LogP contribution in [0.5, 0.6) is 0 Å². The summed E-state index contributed by atoms with van der Waals surface area (Å²) >= 11 is 0. The van der Waals surface area contributed by atoms with Gasteiger partial charge in [0.1, 0.15) is 5.82 Å². The van der Waals surface area contributed by atoms with E-state index < -0.39 is 5.82 Å². The third-order valence-electron chi connectivity index (χ3n) is 6.69. The Balaban J connectivity index is 1.30. The van der Waals surface area contributed by atoms with E-state index in [1.165, 1.54) is 37.8 Å². The second-order valence-corrected chi connectivity index (χ2v) is 8.39. The molecule has 0 spiro atoms. The number of rotatable bonds is 3. The Bertz CT molecular complexity index is 715. The zero-order valence-electron chi connectivity index (χ0n) is 16.5. The standard InChI is InChI=1S/C22H30FN3O2/c23-19-9-3-2-8-18(19)22(28)25-14-12-24(13-15-25)16-21(27)26-11-5-7-17-6-1-4-10-20(17)26/h2-3,8-9,17,20H,1,4-7,10-16H2/t17-,20+/m1/s1. The Morgan fingerprint density at radius 3 is 2.43 bits per heavy atom. The first-order valence-electron chi connectivity index (χ1n) is 10.7. The maximum Gasteiger partial charge on any atom is 0.256 e. The quantitative estimate of drug-likeness (QED) is 0.801. The smallest absolute Gasteiger partial charge is 0.256 e. The second-order valence-electron chi connectivity index (χ2n) is 8.39. The Morgan fingerprint density at radius 2 is 1.64 bits per heavy atom. The average molecular weight is 387 g/mol. The van der Waals surface area contributed by atoms with E-state index in [9.17, 15) is 14.0 Å². The molecule has 1 aromatic rings. The number of piperazine rings is 1. The van der Waals surface area contributed by atoms with Gasteiger partial charge in [0.25, 0.3) is 5.91 Å². The van der Waals surface area contributed by atoms with Gasteiger partial charge in [-0.2, -0.15) is 0 Å². The number of likely N-dealkylation sites (tertiary alicyclic amines) is 1. The Morgan fingerprint density at radius 1 is 0.929 bits per heavy atom. The first kappa shape index (κ1) is 19.4. The molecule has 0 radical (unpaired) electrons. The van der Waals surface area contributed by atoms with Crippen molar-refractivity contribution in [2.75, 3.05) is 39.3 Å². The van der Waals surface area contributed by atoms with E-state index in [1.54, 1.807) is 17.0 Å². The molecule has 2 saturated heterocycles. The van der Waals surface area contributed by atoms with E-state index in [4.69, 9.17) is 0 Å². The van der Waals surface area contributed by atoms with Crippen molar-refractivity contribution >= 4 is 11.8 Å². The summed E-state index contributed by atoms with van der Waals surface area (Å²) < 4.78 is 13.9. The maximum absolute atomic E-state index is 13.9. The fourth-order valence-corrected chi connectivity index (χ4v) is 5.13. The lowest BCUT2D eigenvalue weighted by molar-refractivity contribution is -0.139. The van der Waals surface area contributed by atoms with Gasteiger partial charge in [0.15, 0.2) is 0 Å². The van der Waals surface area contributed by atoms with E-state index in [0.717, 1.165) is 19.4 Å². The molecule has 0 N–H and O–H groups in total. The number of carbonyl (C=O) groups excluding carboxylic acids is 2. The van der Waals surface area contributed by atoms with Gasteiger partial charge in [0, 0.05) is 38.8 Å². The van der Waals surface area contributed by atoms with Crippen molar-refractivity contribution in [2.24, 2.45) is 5.92 Å². The highest BCUT2D eigenvalue weighted by atomic mass is 19.1. The lowest BCUT2D eigenvalue weighted by Gasteiger charge is -2.45. The number of amides is 2. The van der Waals surface area contributed by atoms with Crippen LogP contribution < -0.4 is 0 Å². The highest BCUT2D eigenvalue weighted by Crippen LogP contribution is 2.35. The van der Waals surface area contributed by atoms with Gasteiger partial charge in [-0.1, -0.05) is 25.0 Å². The molecule has 2 aliphatic heterocycles. The highest BCUT2D eigenvalue weighted by molar-refractivity contribution is 5.94. The first-order valence-corrected chi connectivity index (χ1v) is 10.7. The minimum Gasteiger partial charge on any atom is -0.338 e. The third-order valence-corrected chi connectivity index (χ3v) is 6.69. The molecule has 3 aliphatic rings. The highest BCUT2D eigenvalue weighted by Gasteiger charge is 2.36. The Kier molecular flexibility index (Phi) is 5.95. The summed E-state index contributed by atoms with van der Waals surface area (Å²) in [5.41, 5.74) is 0.128. The summed E-state index contributed by atoms with van der Waals surface area (Å²) in [6.45, 7) is 3.72. The molecule has 0 bridgehead atoms. The molecule has 152 valence electrons. The number of nitrogens with zero attached hydrogens (tertiary/aromatic N) is 3. The van der Waals surface area contributed by atoms with Crippen molar-refractivity contribution < 1.29 is 14.0 Å². The summed E-state index contributed by atoms with van der Waals surface area (Å²) in [5, 5.41) is 0. The van der Waals surface area contributed by atoms with Crippen molar-refractivity contribution in [2.45, 2.75) is 44.6 Å². The summed E-state index contributed by atoms with van der Waals surface area (Å²) in [5.74, 6) is 0.203. The Hall–Kier alpha value is -1.95. The lowest BCUT2D eigenvalue weighted by atomic mass is 9.78. The second kappa shape index (κ2) is 8.60. The topological polar surface area (TPSA) is 43.9 Å². The average Bonchev–Trinajstić information content (AvgIpc) is 2.73. The zero-order valence-corrected chi connectivity index (χ0v) is 16.5. The van der Waals surface area contributed by atoms with Gasteiger partial charge in [-0.3, -0.25) is 14.5 Å². The van der Waals surface area contributed by atoms with Crippen LogP contribution in [0.15, 0.2) is 24.3 Å². The molecule has 1 saturated carbocycles. The largest absolute Gasteiger partial charge is 0.338 e. The van der Waals surface area contributed by atoms with Crippen LogP contribution in [0.2, 0.25) is 0 Å². The van der Waals surface area contributed by atoms with Crippen LogP contribution >= 0.6 is 0 Å². The molecule has 0 unspecified atom stereocenters. The van der Waals surface area contributed by atoms with Crippen LogP contribution in [-0.2, 0) is 4.79 Å². The third kappa shape index (κ3) is 4.07. The van der Waals surface area contributed by atoms with E-state index >= 15 is 0 Å². The summed E-state index contributed by atoms with van der Waals surface area (Å²) in [7, 11) is 0. The van der Waals surface area contributed by atoms with E-state index in [1.807, 2.05) is 0 Å². The number of hydrogen-bond acceptors (Lipinski definition) is 3. The SMILES string of the molecule is O=C(c1ccccc1F)N1CCN(CC(=O)N2CCC[C@H]3CCCC[C@@H]32)CC1. The van der Waals surface area contributed by atoms with Crippen LogP contribution in [0, 0.1) is 11.7 Å². The van der Waals surface area contributed by atoms with Crippen LogP contribution in [0.4, 0.5) is 4.39 Å². The van der Waals surface area contributed by atoms with Crippen LogP contribution in [-0.4, -0.2) is 71.8 Å². The van der Waals surface area contributed by atoms with Crippen molar-refractivity contribution in [1.82, 2.24) is 14.7 Å². The van der Waals surface area contributed by atoms with E-state index in [2.05, 4.69) is 9.80 Å². The fourth-order valence-electron chi connectivity index (χ4n) is 5.13. The number of halogens is 1. The van der Waals surface area contributed by atoms with Gasteiger partial charge < -0.3 is 9.80 Å². The van der Waals surface area contributed by atoms with Crippen LogP contribution in [0.25, 0.3) is 0 Å². The minimum absolute atomic E-state index is 0.128. The molecule has 3 fully saturated rings. The van der Waals surface area contributed by atoms with E-state index in [-0.39, 0.29) is 17.4 Å². The van der Waals surface area contributed by atoms with Crippen molar-refractivity contribution in [1.29, 1.82) is 0 Å². The van der Waals surface area contributed by atoms with Crippen LogP contribution in [0.1, 0.15) is 48.9 Å². The lowest BCUT2D eigenvalue weighted by Crippen LogP contribution is -2.55. The van der Waals surface area contributed by atoms with Crippen molar-refractivity contribution in [3.8, 4) is 0 Å². The summed E-state index contributed by atoms with van der Waals surface area (Å²) in [6.07, 6.45) is 7.36. The minimum atomic E-state index is -0.475. The predicted molar refractivity (Wildman–Crippen MR) is 105 cm³/mol. The molecule has 1 aliphatic carbocycles. The van der Waals surface area contributed by atoms with E-state index in [0.29, 0.717) is 44.7 Å². The van der Waals surface area contributed by atoms with Gasteiger partial charge in [0.2, 0.25) is 5.91 Å². The van der Waals surface area contributed by atoms with Gasteiger partial charge >= 0.3 is 0 Å². The molecule has 0 aromatic heterocycles. The number of hydrogen-bond donors (Lipinski definition) is 0. The van der Waals surface area contributed by atoms with Gasteiger partial charge in [-0.15, -0.1) is 0 Å². The number of benzene rings is 1. The summed E-state index contributed by atoms with van der Waals surface area (Å²) in [6, 6.07) is 6.57. The molecular weight excluding hydrogens is 357 g/mol. The Labute approximate surface area is 166 Å². The van der Waals surface area contributed by atoms with Gasteiger partial charge in [-0.25, -0.2) is 4.39 Å². The van der Waals surface area contributed by atoms with Crippen molar-refractivity contribution in [3.05, 3.63) is 35.6 Å². The molecule has 28 heavy (non-hydrogen) atoms. The molecule has 4 rings (SSSR count). The van der Waals surface area contributed by atoms with Crippen LogP contribution in [0.3, 0.4) is 0 Å². The number of carbonyl (C=O) groups is 2. The monoisotopic (exact) mass is 387 g/mol. The number of fused-ring (bicyclic) bond motifs is 1. The fraction of sp³-hybridized carbons (Fsp3) is 0.636. The molecule has 6 heteroatoms. The normalized spacial score (nSPS) is 26.0.